The second-order valence-corrected chi connectivity index (χ2v) is 6.82. The molecule has 0 saturated carbocycles. The third kappa shape index (κ3) is 4.10. The number of nitrogens with zero attached hydrogens (tertiary/aromatic N) is 1. The van der Waals surface area contributed by atoms with Gasteiger partial charge in [0.15, 0.2) is 0 Å². The van der Waals surface area contributed by atoms with E-state index in [1.165, 1.54) is 0 Å². The molecule has 2 amide bonds. The predicted molar refractivity (Wildman–Crippen MR) is 104 cm³/mol. The summed E-state index contributed by atoms with van der Waals surface area (Å²) in [5, 5.41) is 0.311. The number of carbonyl (C=O) groups excluding carboxylic acids is 2. The number of hydrogen-bond acceptors (Lipinski definition) is 4. The van der Waals surface area contributed by atoms with Crippen molar-refractivity contribution in [1.29, 1.82) is 0 Å². The molecule has 130 valence electrons. The molecule has 1 saturated heterocycles. The van der Waals surface area contributed by atoms with Crippen molar-refractivity contribution in [1.82, 2.24) is 4.90 Å². The monoisotopic (exact) mass is 383 g/mol. The molecular formula is C20H14ClNO3S. The average Bonchev–Trinajstić information content (AvgIpc) is 2.90. The molecule has 0 radical (unpaired) electrons. The second-order valence-electron chi connectivity index (χ2n) is 5.42. The molecule has 0 N–H and O–H groups in total. The third-order valence-corrected chi connectivity index (χ3v) is 4.93. The van der Waals surface area contributed by atoms with Crippen molar-refractivity contribution in [3.63, 3.8) is 0 Å². The minimum Gasteiger partial charge on any atom is -0.489 e. The van der Waals surface area contributed by atoms with Crippen LogP contribution in [0.1, 0.15) is 11.1 Å². The molecule has 1 aliphatic rings. The minimum atomic E-state index is -0.364. The topological polar surface area (TPSA) is 46.6 Å². The van der Waals surface area contributed by atoms with Crippen LogP contribution in [0.2, 0.25) is 5.02 Å². The number of hydrogen-bond donors (Lipinski definition) is 0. The first-order chi connectivity index (χ1) is 12.6. The SMILES string of the molecule is C#CCN1C(=O)S/C(=C\c2ccc(OCc3ccccc3Cl)cc2)C1=O. The van der Waals surface area contributed by atoms with Crippen LogP contribution in [0, 0.1) is 12.3 Å². The Labute approximate surface area is 160 Å². The molecule has 1 heterocycles. The van der Waals surface area contributed by atoms with Crippen LogP contribution in [0.3, 0.4) is 0 Å². The lowest BCUT2D eigenvalue weighted by Gasteiger charge is -2.08. The third-order valence-electron chi connectivity index (χ3n) is 3.65. The molecule has 0 unspecified atom stereocenters. The van der Waals surface area contributed by atoms with Gasteiger partial charge < -0.3 is 4.74 Å². The van der Waals surface area contributed by atoms with E-state index >= 15 is 0 Å². The number of ether oxygens (including phenoxy) is 1. The van der Waals surface area contributed by atoms with E-state index in [2.05, 4.69) is 5.92 Å². The first-order valence-corrected chi connectivity index (χ1v) is 8.93. The van der Waals surface area contributed by atoms with Gasteiger partial charge in [-0.2, -0.15) is 0 Å². The molecule has 26 heavy (non-hydrogen) atoms. The van der Waals surface area contributed by atoms with E-state index in [9.17, 15) is 9.59 Å². The van der Waals surface area contributed by atoms with Gasteiger partial charge >= 0.3 is 0 Å². The van der Waals surface area contributed by atoms with Crippen LogP contribution < -0.4 is 4.74 Å². The fraction of sp³-hybridized carbons (Fsp3) is 0.100. The van der Waals surface area contributed by atoms with Crippen LogP contribution in [0.15, 0.2) is 53.4 Å². The van der Waals surface area contributed by atoms with Crippen LogP contribution in [-0.4, -0.2) is 22.6 Å². The Morgan fingerprint density at radius 1 is 1.15 bits per heavy atom. The Bertz CT molecular complexity index is 915. The summed E-state index contributed by atoms with van der Waals surface area (Å²) in [6.45, 7) is 0.348. The molecule has 2 aromatic carbocycles. The molecule has 1 fully saturated rings. The summed E-state index contributed by atoms with van der Waals surface area (Å²) in [6.07, 6.45) is 6.85. The molecule has 2 aromatic rings. The van der Waals surface area contributed by atoms with Gasteiger partial charge in [-0.1, -0.05) is 47.9 Å². The lowest BCUT2D eigenvalue weighted by Crippen LogP contribution is -2.28. The van der Waals surface area contributed by atoms with Crippen molar-refractivity contribution in [2.24, 2.45) is 0 Å². The van der Waals surface area contributed by atoms with Gasteiger partial charge in [0, 0.05) is 10.6 Å². The zero-order chi connectivity index (χ0) is 18.5. The molecule has 3 rings (SSSR count). The minimum absolute atomic E-state index is 0.0170. The Hall–Kier alpha value is -2.68. The Morgan fingerprint density at radius 2 is 1.88 bits per heavy atom. The van der Waals surface area contributed by atoms with Crippen LogP contribution in [-0.2, 0) is 11.4 Å². The summed E-state index contributed by atoms with van der Waals surface area (Å²) in [4.78, 5) is 25.3. The average molecular weight is 384 g/mol. The first-order valence-electron chi connectivity index (χ1n) is 7.73. The highest BCUT2D eigenvalue weighted by molar-refractivity contribution is 8.18. The summed E-state index contributed by atoms with van der Waals surface area (Å²) in [7, 11) is 0. The van der Waals surface area contributed by atoms with E-state index in [-0.39, 0.29) is 17.7 Å². The van der Waals surface area contributed by atoms with Crippen molar-refractivity contribution in [3.8, 4) is 18.1 Å². The van der Waals surface area contributed by atoms with Crippen molar-refractivity contribution >= 4 is 40.6 Å². The van der Waals surface area contributed by atoms with Crippen LogP contribution in [0.4, 0.5) is 4.79 Å². The van der Waals surface area contributed by atoms with E-state index in [0.717, 1.165) is 27.8 Å². The van der Waals surface area contributed by atoms with Crippen LogP contribution in [0.5, 0.6) is 5.75 Å². The number of carbonyl (C=O) groups is 2. The van der Waals surface area contributed by atoms with Crippen LogP contribution >= 0.6 is 23.4 Å². The molecule has 0 aromatic heterocycles. The second kappa shape index (κ2) is 8.13. The molecule has 4 nitrogen and oxygen atoms in total. The molecule has 1 aliphatic heterocycles. The van der Waals surface area contributed by atoms with Gasteiger partial charge in [-0.25, -0.2) is 0 Å². The zero-order valence-corrected chi connectivity index (χ0v) is 15.2. The quantitative estimate of drug-likeness (QED) is 0.559. The highest BCUT2D eigenvalue weighted by Gasteiger charge is 2.34. The molecule has 6 heteroatoms. The fourth-order valence-corrected chi connectivity index (χ4v) is 3.34. The highest BCUT2D eigenvalue weighted by atomic mass is 35.5. The Morgan fingerprint density at radius 3 is 2.58 bits per heavy atom. The van der Waals surface area contributed by atoms with E-state index in [1.54, 1.807) is 18.2 Å². The smallest absolute Gasteiger partial charge is 0.294 e. The normalized spacial score (nSPS) is 15.4. The predicted octanol–water partition coefficient (Wildman–Crippen LogP) is 4.59. The highest BCUT2D eigenvalue weighted by Crippen LogP contribution is 2.32. The Kier molecular flexibility index (Phi) is 5.67. The first kappa shape index (κ1) is 18.1. The van der Waals surface area contributed by atoms with E-state index < -0.39 is 0 Å². The van der Waals surface area contributed by atoms with Gasteiger partial charge in [-0.15, -0.1) is 6.42 Å². The standard InChI is InChI=1S/C20H14ClNO3S/c1-2-11-22-19(23)18(26-20(22)24)12-14-7-9-16(10-8-14)25-13-15-5-3-4-6-17(15)21/h1,3-10,12H,11,13H2/b18-12-. The molecule has 0 spiro atoms. The summed E-state index contributed by atoms with van der Waals surface area (Å²) >= 11 is 6.99. The van der Waals surface area contributed by atoms with Gasteiger partial charge in [-0.3, -0.25) is 14.5 Å². The number of thioether (sulfide) groups is 1. The van der Waals surface area contributed by atoms with Gasteiger partial charge in [0.25, 0.3) is 11.1 Å². The van der Waals surface area contributed by atoms with Gasteiger partial charge in [-0.05, 0) is 41.6 Å². The number of benzene rings is 2. The Balaban J connectivity index is 1.67. The number of terminal acetylenes is 1. The van der Waals surface area contributed by atoms with Gasteiger partial charge in [0.05, 0.1) is 11.4 Å². The van der Waals surface area contributed by atoms with Gasteiger partial charge in [0.2, 0.25) is 0 Å². The maximum atomic E-state index is 12.2. The molecular weight excluding hydrogens is 370 g/mol. The number of imide groups is 1. The lowest BCUT2D eigenvalue weighted by molar-refractivity contribution is -0.122. The molecule has 0 atom stereocenters. The van der Waals surface area contributed by atoms with Crippen LogP contribution in [0.25, 0.3) is 6.08 Å². The largest absolute Gasteiger partial charge is 0.489 e. The van der Waals surface area contributed by atoms with E-state index in [4.69, 9.17) is 22.8 Å². The number of halogens is 1. The van der Waals surface area contributed by atoms with Crippen molar-refractivity contribution < 1.29 is 14.3 Å². The molecule has 0 aliphatic carbocycles. The van der Waals surface area contributed by atoms with Crippen molar-refractivity contribution in [2.45, 2.75) is 6.61 Å². The van der Waals surface area contributed by atoms with E-state index in [0.29, 0.717) is 22.3 Å². The number of amides is 2. The van der Waals surface area contributed by atoms with Crippen molar-refractivity contribution in [3.05, 3.63) is 69.6 Å². The van der Waals surface area contributed by atoms with Crippen molar-refractivity contribution in [2.75, 3.05) is 6.54 Å². The molecule has 0 bridgehead atoms. The maximum absolute atomic E-state index is 12.2. The number of rotatable bonds is 5. The maximum Gasteiger partial charge on any atom is 0.294 e. The summed E-state index contributed by atoms with van der Waals surface area (Å²) in [5.74, 6) is 2.63. The van der Waals surface area contributed by atoms with E-state index in [1.807, 2.05) is 36.4 Å². The fourth-order valence-electron chi connectivity index (χ4n) is 2.32. The summed E-state index contributed by atoms with van der Waals surface area (Å²) < 4.78 is 5.72. The lowest BCUT2D eigenvalue weighted by atomic mass is 10.2. The van der Waals surface area contributed by atoms with Gasteiger partial charge in [0.1, 0.15) is 12.4 Å². The summed E-state index contributed by atoms with van der Waals surface area (Å²) in [5.41, 5.74) is 1.70. The summed E-state index contributed by atoms with van der Waals surface area (Å²) in [6, 6.07) is 14.7. The zero-order valence-electron chi connectivity index (χ0n) is 13.6.